The Hall–Kier alpha value is -0.570. The van der Waals surface area contributed by atoms with E-state index >= 15 is 0 Å². The number of rotatable bonds is 2. The first-order valence-corrected chi connectivity index (χ1v) is 4.09. The summed E-state index contributed by atoms with van der Waals surface area (Å²) in [4.78, 5) is 2.14. The predicted molar refractivity (Wildman–Crippen MR) is 45.1 cm³/mol. The highest BCUT2D eigenvalue weighted by Crippen LogP contribution is 2.22. The van der Waals surface area contributed by atoms with Gasteiger partial charge in [-0.1, -0.05) is 5.16 Å². The fourth-order valence-corrected chi connectivity index (χ4v) is 1.67. The molecule has 0 aromatic rings. The van der Waals surface area contributed by atoms with Gasteiger partial charge >= 0.3 is 0 Å². The summed E-state index contributed by atoms with van der Waals surface area (Å²) in [5.74, 6) is 0.495. The van der Waals surface area contributed by atoms with Crippen molar-refractivity contribution < 1.29 is 5.21 Å². The van der Waals surface area contributed by atoms with Crippen LogP contribution in [0.25, 0.3) is 0 Å². The van der Waals surface area contributed by atoms with Crippen LogP contribution in [0.4, 0.5) is 0 Å². The van der Waals surface area contributed by atoms with Crippen LogP contribution in [-0.4, -0.2) is 36.5 Å². The summed E-state index contributed by atoms with van der Waals surface area (Å²) < 4.78 is 0. The molecule has 1 atom stereocenters. The van der Waals surface area contributed by atoms with Crippen molar-refractivity contribution in [2.45, 2.75) is 19.3 Å². The molecule has 1 fully saturated rings. The fourth-order valence-electron chi connectivity index (χ4n) is 1.67. The minimum Gasteiger partial charge on any atom is -0.411 e. The van der Waals surface area contributed by atoms with Gasteiger partial charge in [-0.2, -0.15) is 0 Å². The third-order valence-electron chi connectivity index (χ3n) is 2.17. The van der Waals surface area contributed by atoms with Crippen molar-refractivity contribution in [1.29, 1.82) is 0 Å². The predicted octanol–water partition coefficient (Wildman–Crippen LogP) is 1.18. The molecular formula is C8H16N2O. The summed E-state index contributed by atoms with van der Waals surface area (Å²) in [6, 6.07) is 0. The molecule has 3 nitrogen and oxygen atoms in total. The van der Waals surface area contributed by atoms with Gasteiger partial charge in [0.05, 0.1) is 5.71 Å². The van der Waals surface area contributed by atoms with E-state index in [1.807, 2.05) is 14.1 Å². The monoisotopic (exact) mass is 156 g/mol. The van der Waals surface area contributed by atoms with Crippen molar-refractivity contribution in [2.75, 3.05) is 20.6 Å². The summed E-state index contributed by atoms with van der Waals surface area (Å²) in [7, 11) is 4.10. The molecule has 0 aliphatic heterocycles. The van der Waals surface area contributed by atoms with E-state index in [0.717, 1.165) is 18.7 Å². The smallest absolute Gasteiger partial charge is 0.0614 e. The summed E-state index contributed by atoms with van der Waals surface area (Å²) >= 11 is 0. The maximum absolute atomic E-state index is 8.62. The molecule has 1 N–H and O–H groups in total. The van der Waals surface area contributed by atoms with Crippen LogP contribution < -0.4 is 0 Å². The standard InChI is InChI=1S/C8H16N2O/c1-10(2)6-7-4-3-5-8(7)9-11/h7,11H,3-6H2,1-2H3/b9-8+/t7-/m1/s1. The van der Waals surface area contributed by atoms with Crippen LogP contribution in [0.5, 0.6) is 0 Å². The lowest BCUT2D eigenvalue weighted by Gasteiger charge is -2.15. The van der Waals surface area contributed by atoms with E-state index in [0.29, 0.717) is 5.92 Å². The van der Waals surface area contributed by atoms with Gasteiger partial charge in [0.2, 0.25) is 0 Å². The molecule has 1 rings (SSSR count). The molecular weight excluding hydrogens is 140 g/mol. The SMILES string of the molecule is CN(C)C[C@H]1CCC/C1=N\O. The Kier molecular flexibility index (Phi) is 2.88. The van der Waals surface area contributed by atoms with Gasteiger partial charge in [-0.3, -0.25) is 0 Å². The molecule has 0 saturated heterocycles. The van der Waals surface area contributed by atoms with Gasteiger partial charge < -0.3 is 10.1 Å². The second kappa shape index (κ2) is 3.72. The van der Waals surface area contributed by atoms with Gasteiger partial charge in [0.1, 0.15) is 0 Å². The van der Waals surface area contributed by atoms with Gasteiger partial charge in [0.25, 0.3) is 0 Å². The lowest BCUT2D eigenvalue weighted by atomic mass is 10.1. The maximum atomic E-state index is 8.62. The normalized spacial score (nSPS) is 28.6. The average molecular weight is 156 g/mol. The van der Waals surface area contributed by atoms with Crippen LogP contribution in [0.3, 0.4) is 0 Å². The number of hydrogen-bond donors (Lipinski definition) is 1. The van der Waals surface area contributed by atoms with Crippen LogP contribution in [0, 0.1) is 5.92 Å². The van der Waals surface area contributed by atoms with Gasteiger partial charge in [-0.05, 0) is 33.4 Å². The highest BCUT2D eigenvalue weighted by molar-refractivity contribution is 5.88. The topological polar surface area (TPSA) is 35.8 Å². The molecule has 0 unspecified atom stereocenters. The lowest BCUT2D eigenvalue weighted by Crippen LogP contribution is -2.24. The number of oxime groups is 1. The molecule has 0 heterocycles. The molecule has 1 aliphatic carbocycles. The van der Waals surface area contributed by atoms with E-state index < -0.39 is 0 Å². The van der Waals surface area contributed by atoms with Crippen molar-refractivity contribution in [3.8, 4) is 0 Å². The Morgan fingerprint density at radius 2 is 2.36 bits per heavy atom. The Bertz CT molecular complexity index is 154. The molecule has 0 radical (unpaired) electrons. The zero-order valence-electron chi connectivity index (χ0n) is 7.25. The van der Waals surface area contributed by atoms with Gasteiger partial charge in [0.15, 0.2) is 0 Å². The van der Waals surface area contributed by atoms with Crippen molar-refractivity contribution in [3.05, 3.63) is 0 Å². The molecule has 0 aromatic carbocycles. The van der Waals surface area contributed by atoms with E-state index in [1.54, 1.807) is 0 Å². The van der Waals surface area contributed by atoms with E-state index in [-0.39, 0.29) is 0 Å². The number of hydrogen-bond acceptors (Lipinski definition) is 3. The summed E-state index contributed by atoms with van der Waals surface area (Å²) in [5, 5.41) is 11.9. The van der Waals surface area contributed by atoms with Crippen molar-refractivity contribution in [1.82, 2.24) is 4.90 Å². The van der Waals surface area contributed by atoms with Crippen LogP contribution in [0.2, 0.25) is 0 Å². The summed E-state index contributed by atoms with van der Waals surface area (Å²) in [5.41, 5.74) is 0.985. The zero-order chi connectivity index (χ0) is 8.27. The highest BCUT2D eigenvalue weighted by atomic mass is 16.4. The Balaban J connectivity index is 2.44. The van der Waals surface area contributed by atoms with E-state index in [9.17, 15) is 0 Å². The molecule has 1 aliphatic rings. The maximum Gasteiger partial charge on any atom is 0.0614 e. The summed E-state index contributed by atoms with van der Waals surface area (Å²) in [6.07, 6.45) is 3.34. The Morgan fingerprint density at radius 1 is 1.64 bits per heavy atom. The van der Waals surface area contributed by atoms with E-state index in [2.05, 4.69) is 10.1 Å². The number of nitrogens with zero attached hydrogens (tertiary/aromatic N) is 2. The third kappa shape index (κ3) is 2.19. The first-order valence-electron chi connectivity index (χ1n) is 4.09. The highest BCUT2D eigenvalue weighted by Gasteiger charge is 2.23. The van der Waals surface area contributed by atoms with Crippen molar-refractivity contribution >= 4 is 5.71 Å². The van der Waals surface area contributed by atoms with Gasteiger partial charge in [-0.15, -0.1) is 0 Å². The van der Waals surface area contributed by atoms with Gasteiger partial charge in [0, 0.05) is 12.5 Å². The lowest BCUT2D eigenvalue weighted by molar-refractivity contribution is 0.309. The molecule has 64 valence electrons. The van der Waals surface area contributed by atoms with E-state index in [1.165, 1.54) is 12.8 Å². The molecule has 0 bridgehead atoms. The third-order valence-corrected chi connectivity index (χ3v) is 2.17. The second-order valence-corrected chi connectivity index (χ2v) is 3.44. The van der Waals surface area contributed by atoms with Crippen LogP contribution >= 0.6 is 0 Å². The first-order chi connectivity index (χ1) is 5.24. The molecule has 0 amide bonds. The van der Waals surface area contributed by atoms with Crippen molar-refractivity contribution in [2.24, 2.45) is 11.1 Å². The molecule has 11 heavy (non-hydrogen) atoms. The molecule has 1 saturated carbocycles. The largest absolute Gasteiger partial charge is 0.411 e. The fraction of sp³-hybridized carbons (Fsp3) is 0.875. The second-order valence-electron chi connectivity index (χ2n) is 3.44. The minimum absolute atomic E-state index is 0.495. The average Bonchev–Trinajstić information content (AvgIpc) is 2.34. The first kappa shape index (κ1) is 8.53. The zero-order valence-corrected chi connectivity index (χ0v) is 7.25. The van der Waals surface area contributed by atoms with Crippen LogP contribution in [0.15, 0.2) is 5.16 Å². The Morgan fingerprint density at radius 3 is 2.91 bits per heavy atom. The summed E-state index contributed by atoms with van der Waals surface area (Å²) in [6.45, 7) is 1.01. The van der Waals surface area contributed by atoms with E-state index in [4.69, 9.17) is 5.21 Å². The van der Waals surface area contributed by atoms with Crippen LogP contribution in [0.1, 0.15) is 19.3 Å². The van der Waals surface area contributed by atoms with Crippen molar-refractivity contribution in [3.63, 3.8) is 0 Å². The molecule has 0 spiro atoms. The quantitative estimate of drug-likeness (QED) is 0.481. The Labute approximate surface area is 67.7 Å². The van der Waals surface area contributed by atoms with Gasteiger partial charge in [-0.25, -0.2) is 0 Å². The molecule has 3 heteroatoms. The molecule has 0 aromatic heterocycles. The van der Waals surface area contributed by atoms with Crippen LogP contribution in [-0.2, 0) is 0 Å². The minimum atomic E-state index is 0.495.